The van der Waals surface area contributed by atoms with Crippen LogP contribution in [0.2, 0.25) is 0 Å². The zero-order chi connectivity index (χ0) is 12.5. The highest BCUT2D eigenvalue weighted by atomic mass is 35.5. The summed E-state index contributed by atoms with van der Waals surface area (Å²) < 4.78 is 0. The predicted molar refractivity (Wildman–Crippen MR) is 79.2 cm³/mol. The molecule has 1 aromatic rings. The van der Waals surface area contributed by atoms with E-state index >= 15 is 0 Å². The summed E-state index contributed by atoms with van der Waals surface area (Å²) in [5.41, 5.74) is 7.43. The Bertz CT molecular complexity index is 355. The van der Waals surface area contributed by atoms with Gasteiger partial charge in [0.2, 0.25) is 5.91 Å². The third-order valence-corrected chi connectivity index (χ3v) is 2.78. The number of nitrogens with two attached hydrogens (primary N) is 1. The van der Waals surface area contributed by atoms with Crippen LogP contribution < -0.4 is 11.1 Å². The number of carbonyl (C=O) groups is 1. The van der Waals surface area contributed by atoms with E-state index in [1.54, 1.807) is 0 Å². The topological polar surface area (TPSA) is 55.1 Å². The molecule has 0 atom stereocenters. The molecule has 4 heteroatoms. The molecule has 0 bridgehead atoms. The summed E-state index contributed by atoms with van der Waals surface area (Å²) in [4.78, 5) is 11.7. The predicted octanol–water partition coefficient (Wildman–Crippen LogP) is 3.26. The van der Waals surface area contributed by atoms with Crippen LogP contribution in [0.4, 0.5) is 5.69 Å². The molecule has 1 aromatic carbocycles. The lowest BCUT2D eigenvalue weighted by atomic mass is 10.1. The van der Waals surface area contributed by atoms with E-state index < -0.39 is 0 Å². The zero-order valence-electron chi connectivity index (χ0n) is 10.9. The van der Waals surface area contributed by atoms with Gasteiger partial charge in [0.05, 0.1) is 0 Å². The Kier molecular flexibility index (Phi) is 9.33. The summed E-state index contributed by atoms with van der Waals surface area (Å²) in [5.74, 6) is 0.104. The molecule has 3 N–H and O–H groups in total. The molecule has 0 saturated heterocycles. The van der Waals surface area contributed by atoms with Gasteiger partial charge < -0.3 is 11.1 Å². The van der Waals surface area contributed by atoms with Crippen LogP contribution in [0, 0.1) is 6.92 Å². The van der Waals surface area contributed by atoms with E-state index in [0.717, 1.165) is 43.5 Å². The van der Waals surface area contributed by atoms with Gasteiger partial charge in [0.25, 0.3) is 0 Å². The van der Waals surface area contributed by atoms with E-state index in [1.165, 1.54) is 0 Å². The average molecular weight is 271 g/mol. The molecule has 0 aliphatic heterocycles. The second-order valence-electron chi connectivity index (χ2n) is 4.32. The van der Waals surface area contributed by atoms with Crippen molar-refractivity contribution in [1.29, 1.82) is 0 Å². The lowest BCUT2D eigenvalue weighted by molar-refractivity contribution is -0.116. The van der Waals surface area contributed by atoms with Gasteiger partial charge in [-0.2, -0.15) is 0 Å². The molecule has 0 heterocycles. The van der Waals surface area contributed by atoms with Crippen LogP contribution in [0.5, 0.6) is 0 Å². The molecular weight excluding hydrogens is 248 g/mol. The van der Waals surface area contributed by atoms with Crippen molar-refractivity contribution in [3.63, 3.8) is 0 Å². The first-order chi connectivity index (χ1) is 8.24. The summed E-state index contributed by atoms with van der Waals surface area (Å²) >= 11 is 0. The normalized spacial score (nSPS) is 9.67. The molecule has 0 spiro atoms. The largest absolute Gasteiger partial charge is 0.330 e. The Morgan fingerprint density at radius 1 is 1.17 bits per heavy atom. The van der Waals surface area contributed by atoms with Crippen molar-refractivity contribution in [2.45, 2.75) is 39.0 Å². The molecule has 18 heavy (non-hydrogen) atoms. The first-order valence-corrected chi connectivity index (χ1v) is 6.29. The molecule has 0 radical (unpaired) electrons. The van der Waals surface area contributed by atoms with Gasteiger partial charge in [-0.15, -0.1) is 12.4 Å². The molecule has 1 rings (SSSR count). The average Bonchev–Trinajstić information content (AvgIpc) is 2.32. The summed E-state index contributed by atoms with van der Waals surface area (Å²) in [5, 5.41) is 2.94. The van der Waals surface area contributed by atoms with Gasteiger partial charge in [-0.1, -0.05) is 31.0 Å². The Hall–Kier alpha value is -1.06. The molecule has 0 aliphatic carbocycles. The van der Waals surface area contributed by atoms with Gasteiger partial charge in [0.15, 0.2) is 0 Å². The van der Waals surface area contributed by atoms with Gasteiger partial charge in [-0.05, 0) is 37.9 Å². The molecule has 0 aliphatic rings. The van der Waals surface area contributed by atoms with Gasteiger partial charge in [-0.25, -0.2) is 0 Å². The molecule has 0 unspecified atom stereocenters. The maximum absolute atomic E-state index is 11.7. The van der Waals surface area contributed by atoms with E-state index in [-0.39, 0.29) is 18.3 Å². The fourth-order valence-electron chi connectivity index (χ4n) is 1.71. The second kappa shape index (κ2) is 9.92. The maximum atomic E-state index is 11.7. The second-order valence-corrected chi connectivity index (χ2v) is 4.32. The van der Waals surface area contributed by atoms with Crippen LogP contribution in [-0.4, -0.2) is 12.5 Å². The smallest absolute Gasteiger partial charge is 0.224 e. The monoisotopic (exact) mass is 270 g/mol. The molecule has 3 nitrogen and oxygen atoms in total. The van der Waals surface area contributed by atoms with E-state index in [0.29, 0.717) is 6.42 Å². The lowest BCUT2D eigenvalue weighted by Gasteiger charge is -2.07. The van der Waals surface area contributed by atoms with Gasteiger partial charge >= 0.3 is 0 Å². The lowest BCUT2D eigenvalue weighted by Crippen LogP contribution is -2.11. The Morgan fingerprint density at radius 2 is 1.83 bits per heavy atom. The van der Waals surface area contributed by atoms with Crippen LogP contribution in [0.25, 0.3) is 0 Å². The first-order valence-electron chi connectivity index (χ1n) is 6.29. The van der Waals surface area contributed by atoms with Crippen molar-refractivity contribution < 1.29 is 4.79 Å². The molecular formula is C14H23ClN2O. The zero-order valence-corrected chi connectivity index (χ0v) is 11.8. The van der Waals surface area contributed by atoms with Crippen molar-refractivity contribution >= 4 is 24.0 Å². The van der Waals surface area contributed by atoms with Crippen molar-refractivity contribution in [3.8, 4) is 0 Å². The summed E-state index contributed by atoms with van der Waals surface area (Å²) in [6.45, 7) is 2.74. The minimum absolute atomic E-state index is 0. The van der Waals surface area contributed by atoms with Gasteiger partial charge in [0, 0.05) is 12.1 Å². The SMILES string of the molecule is Cc1ccccc1NC(=O)CCCCCCN.Cl. The minimum atomic E-state index is 0. The van der Waals surface area contributed by atoms with Crippen molar-refractivity contribution in [2.24, 2.45) is 5.73 Å². The number of nitrogens with one attached hydrogen (secondary N) is 1. The van der Waals surface area contributed by atoms with E-state index in [4.69, 9.17) is 5.73 Å². The summed E-state index contributed by atoms with van der Waals surface area (Å²) in [6, 6.07) is 7.83. The van der Waals surface area contributed by atoms with Crippen LogP contribution in [0.3, 0.4) is 0 Å². The van der Waals surface area contributed by atoms with E-state index in [2.05, 4.69) is 5.32 Å². The van der Waals surface area contributed by atoms with Crippen LogP contribution >= 0.6 is 12.4 Å². The highest BCUT2D eigenvalue weighted by Crippen LogP contribution is 2.14. The number of rotatable bonds is 7. The van der Waals surface area contributed by atoms with Crippen LogP contribution in [-0.2, 0) is 4.79 Å². The maximum Gasteiger partial charge on any atom is 0.224 e. The number of para-hydroxylation sites is 1. The molecule has 0 aromatic heterocycles. The molecule has 1 amide bonds. The quantitative estimate of drug-likeness (QED) is 0.747. The van der Waals surface area contributed by atoms with Crippen molar-refractivity contribution in [3.05, 3.63) is 29.8 Å². The number of benzene rings is 1. The highest BCUT2D eigenvalue weighted by Gasteiger charge is 2.03. The summed E-state index contributed by atoms with van der Waals surface area (Å²) in [7, 11) is 0. The third-order valence-electron chi connectivity index (χ3n) is 2.78. The highest BCUT2D eigenvalue weighted by molar-refractivity contribution is 5.91. The minimum Gasteiger partial charge on any atom is -0.330 e. The number of carbonyl (C=O) groups excluding carboxylic acids is 1. The number of halogens is 1. The number of unbranched alkanes of at least 4 members (excludes halogenated alkanes) is 3. The fourth-order valence-corrected chi connectivity index (χ4v) is 1.71. The van der Waals surface area contributed by atoms with Gasteiger partial charge in [0.1, 0.15) is 0 Å². The molecule has 102 valence electrons. The number of hydrogen-bond acceptors (Lipinski definition) is 2. The van der Waals surface area contributed by atoms with Gasteiger partial charge in [-0.3, -0.25) is 4.79 Å². The fraction of sp³-hybridized carbons (Fsp3) is 0.500. The standard InChI is InChI=1S/C14H22N2O.ClH/c1-12-8-5-6-9-13(12)16-14(17)10-4-2-3-7-11-15;/h5-6,8-9H,2-4,7,10-11,15H2,1H3,(H,16,17);1H. The first kappa shape index (κ1) is 16.9. The molecule has 0 fully saturated rings. The number of aryl methyl sites for hydroxylation is 1. The van der Waals surface area contributed by atoms with Crippen LogP contribution in [0.15, 0.2) is 24.3 Å². The van der Waals surface area contributed by atoms with Crippen molar-refractivity contribution in [1.82, 2.24) is 0 Å². The van der Waals surface area contributed by atoms with E-state index in [1.807, 2.05) is 31.2 Å². The number of anilines is 1. The molecule has 0 saturated carbocycles. The Balaban J connectivity index is 0.00000289. The number of amides is 1. The number of hydrogen-bond donors (Lipinski definition) is 2. The Labute approximate surface area is 116 Å². The summed E-state index contributed by atoms with van der Waals surface area (Å²) in [6.07, 6.45) is 4.79. The van der Waals surface area contributed by atoms with E-state index in [9.17, 15) is 4.79 Å². The van der Waals surface area contributed by atoms with Crippen LogP contribution in [0.1, 0.15) is 37.7 Å². The third kappa shape index (κ3) is 6.62. The van der Waals surface area contributed by atoms with Crippen molar-refractivity contribution in [2.75, 3.05) is 11.9 Å². The Morgan fingerprint density at radius 3 is 2.50 bits per heavy atom.